The molecule has 6 nitrogen and oxygen atoms in total. The van der Waals surface area contributed by atoms with E-state index in [-0.39, 0.29) is 5.82 Å². The average Bonchev–Trinajstić information content (AvgIpc) is 3.26. The van der Waals surface area contributed by atoms with Gasteiger partial charge in [0.05, 0.1) is 17.6 Å². The lowest BCUT2D eigenvalue weighted by Crippen LogP contribution is -1.90. The Hall–Kier alpha value is -3.61. The highest BCUT2D eigenvalue weighted by atomic mass is 19.1. The van der Waals surface area contributed by atoms with Gasteiger partial charge in [-0.05, 0) is 36.4 Å². The minimum Gasteiger partial charge on any atom is -0.296 e. The predicted molar refractivity (Wildman–Crippen MR) is 91.3 cm³/mol. The molecule has 0 amide bonds. The van der Waals surface area contributed by atoms with Gasteiger partial charge in [-0.15, -0.1) is 0 Å². The molecule has 5 rings (SSSR count). The maximum atomic E-state index is 13.3. The highest BCUT2D eigenvalue weighted by Crippen LogP contribution is 2.33. The van der Waals surface area contributed by atoms with Crippen LogP contribution >= 0.6 is 0 Å². The zero-order chi connectivity index (χ0) is 16.8. The first kappa shape index (κ1) is 13.8. The molecule has 1 N–H and O–H groups in total. The standard InChI is InChI=1S/C18H11FN6/c19-13-4-1-11(2-5-13)17-18(25-8-7-20-10-16(25)21-17)12-3-6-14-15(9-12)23-24-22-14/h1-10H,(H,22,23,24). The van der Waals surface area contributed by atoms with E-state index in [1.165, 1.54) is 12.1 Å². The van der Waals surface area contributed by atoms with Crippen molar-refractivity contribution in [3.05, 3.63) is 66.9 Å². The number of rotatable bonds is 2. The molecule has 0 unspecified atom stereocenters. The Bertz CT molecular complexity index is 1210. The van der Waals surface area contributed by atoms with Gasteiger partial charge in [0.1, 0.15) is 16.9 Å². The van der Waals surface area contributed by atoms with E-state index in [4.69, 9.17) is 4.98 Å². The molecule has 3 aromatic heterocycles. The Morgan fingerprint density at radius 3 is 2.60 bits per heavy atom. The second-order valence-corrected chi connectivity index (χ2v) is 5.65. The third-order valence-electron chi connectivity index (χ3n) is 4.14. The van der Waals surface area contributed by atoms with Gasteiger partial charge >= 0.3 is 0 Å². The first-order valence-electron chi connectivity index (χ1n) is 7.68. The Balaban J connectivity index is 1.83. The summed E-state index contributed by atoms with van der Waals surface area (Å²) in [6, 6.07) is 12.1. The number of halogens is 1. The highest BCUT2D eigenvalue weighted by molar-refractivity contribution is 5.87. The Kier molecular flexibility index (Phi) is 2.87. The maximum absolute atomic E-state index is 13.3. The summed E-state index contributed by atoms with van der Waals surface area (Å²) in [7, 11) is 0. The summed E-state index contributed by atoms with van der Waals surface area (Å²) in [6.07, 6.45) is 5.27. The van der Waals surface area contributed by atoms with Crippen molar-refractivity contribution in [3.8, 4) is 22.5 Å². The van der Waals surface area contributed by atoms with Gasteiger partial charge in [0, 0.05) is 23.5 Å². The monoisotopic (exact) mass is 330 g/mol. The van der Waals surface area contributed by atoms with Gasteiger partial charge in [-0.1, -0.05) is 6.07 Å². The van der Waals surface area contributed by atoms with Crippen LogP contribution < -0.4 is 0 Å². The number of nitrogens with zero attached hydrogens (tertiary/aromatic N) is 5. The first-order chi connectivity index (χ1) is 12.3. The van der Waals surface area contributed by atoms with Crippen molar-refractivity contribution in [2.75, 3.05) is 0 Å². The SMILES string of the molecule is Fc1ccc(-c2nc3cnccn3c2-c2ccc3n[nH]nc3c2)cc1. The number of hydrogen-bond acceptors (Lipinski definition) is 4. The minimum atomic E-state index is -0.278. The number of fused-ring (bicyclic) bond motifs is 2. The number of nitrogens with one attached hydrogen (secondary N) is 1. The lowest BCUT2D eigenvalue weighted by Gasteiger charge is -2.06. The maximum Gasteiger partial charge on any atom is 0.156 e. The first-order valence-corrected chi connectivity index (χ1v) is 7.68. The van der Waals surface area contributed by atoms with Crippen LogP contribution in [0.4, 0.5) is 4.39 Å². The van der Waals surface area contributed by atoms with E-state index in [9.17, 15) is 4.39 Å². The van der Waals surface area contributed by atoms with Gasteiger partial charge < -0.3 is 0 Å². The van der Waals surface area contributed by atoms with Crippen LogP contribution in [0.15, 0.2) is 61.1 Å². The van der Waals surface area contributed by atoms with Gasteiger partial charge in [-0.2, -0.15) is 15.4 Å². The predicted octanol–water partition coefficient (Wildman–Crippen LogP) is 3.47. The van der Waals surface area contributed by atoms with Crippen molar-refractivity contribution in [2.24, 2.45) is 0 Å². The van der Waals surface area contributed by atoms with E-state index in [0.29, 0.717) is 0 Å². The molecule has 5 aromatic rings. The summed E-state index contributed by atoms with van der Waals surface area (Å²) in [6.45, 7) is 0. The van der Waals surface area contributed by atoms with Gasteiger partial charge in [-0.3, -0.25) is 9.38 Å². The van der Waals surface area contributed by atoms with E-state index in [1.54, 1.807) is 24.5 Å². The third kappa shape index (κ3) is 2.17. The molecule has 0 spiro atoms. The molecule has 120 valence electrons. The molecule has 25 heavy (non-hydrogen) atoms. The van der Waals surface area contributed by atoms with E-state index in [2.05, 4.69) is 20.4 Å². The van der Waals surface area contributed by atoms with Gasteiger partial charge in [-0.25, -0.2) is 9.37 Å². The molecular formula is C18H11FN6. The molecule has 0 saturated heterocycles. The molecule has 3 heterocycles. The zero-order valence-corrected chi connectivity index (χ0v) is 12.9. The lowest BCUT2D eigenvalue weighted by molar-refractivity contribution is 0.628. The number of imidazole rings is 1. The van der Waals surface area contributed by atoms with Crippen LogP contribution in [-0.2, 0) is 0 Å². The molecule has 0 aliphatic rings. The van der Waals surface area contributed by atoms with Gasteiger partial charge in [0.25, 0.3) is 0 Å². The number of benzene rings is 2. The van der Waals surface area contributed by atoms with Crippen molar-refractivity contribution in [2.45, 2.75) is 0 Å². The summed E-state index contributed by atoms with van der Waals surface area (Å²) >= 11 is 0. The van der Waals surface area contributed by atoms with Crippen molar-refractivity contribution in [1.29, 1.82) is 0 Å². The normalized spacial score (nSPS) is 11.4. The van der Waals surface area contributed by atoms with Crippen molar-refractivity contribution < 1.29 is 4.39 Å². The van der Waals surface area contributed by atoms with Crippen LogP contribution in [0.3, 0.4) is 0 Å². The highest BCUT2D eigenvalue weighted by Gasteiger charge is 2.17. The topological polar surface area (TPSA) is 71.8 Å². The number of aromatic amines is 1. The number of aromatic nitrogens is 6. The fraction of sp³-hybridized carbons (Fsp3) is 0. The van der Waals surface area contributed by atoms with E-state index in [1.807, 2.05) is 28.8 Å². The Morgan fingerprint density at radius 1 is 0.920 bits per heavy atom. The second kappa shape index (κ2) is 5.20. The summed E-state index contributed by atoms with van der Waals surface area (Å²) < 4.78 is 15.3. The lowest BCUT2D eigenvalue weighted by atomic mass is 10.0. The zero-order valence-electron chi connectivity index (χ0n) is 12.9. The molecule has 0 aliphatic heterocycles. The van der Waals surface area contributed by atoms with Gasteiger partial charge in [0.2, 0.25) is 0 Å². The van der Waals surface area contributed by atoms with Crippen molar-refractivity contribution in [3.63, 3.8) is 0 Å². The van der Waals surface area contributed by atoms with Crippen LogP contribution in [0.2, 0.25) is 0 Å². The molecular weight excluding hydrogens is 319 g/mol. The largest absolute Gasteiger partial charge is 0.296 e. The number of hydrogen-bond donors (Lipinski definition) is 1. The smallest absolute Gasteiger partial charge is 0.156 e. The molecule has 2 aromatic carbocycles. The van der Waals surface area contributed by atoms with E-state index in [0.717, 1.165) is 39.2 Å². The molecule has 7 heteroatoms. The summed E-state index contributed by atoms with van der Waals surface area (Å²) in [5.41, 5.74) is 5.72. The van der Waals surface area contributed by atoms with Crippen LogP contribution in [-0.4, -0.2) is 29.8 Å². The molecule has 0 fully saturated rings. The fourth-order valence-corrected chi connectivity index (χ4v) is 2.98. The van der Waals surface area contributed by atoms with Crippen molar-refractivity contribution >= 4 is 16.7 Å². The minimum absolute atomic E-state index is 0.278. The van der Waals surface area contributed by atoms with Crippen LogP contribution in [0.25, 0.3) is 39.2 Å². The van der Waals surface area contributed by atoms with Crippen LogP contribution in [0.5, 0.6) is 0 Å². The van der Waals surface area contributed by atoms with E-state index >= 15 is 0 Å². The molecule has 0 aliphatic carbocycles. The van der Waals surface area contributed by atoms with Crippen molar-refractivity contribution in [1.82, 2.24) is 29.8 Å². The second-order valence-electron chi connectivity index (χ2n) is 5.65. The van der Waals surface area contributed by atoms with Crippen LogP contribution in [0.1, 0.15) is 0 Å². The molecule has 0 bridgehead atoms. The third-order valence-corrected chi connectivity index (χ3v) is 4.14. The van der Waals surface area contributed by atoms with Gasteiger partial charge in [0.15, 0.2) is 5.65 Å². The summed E-state index contributed by atoms with van der Waals surface area (Å²) in [5.74, 6) is -0.278. The summed E-state index contributed by atoms with van der Waals surface area (Å²) in [4.78, 5) is 8.83. The number of H-pyrrole nitrogens is 1. The fourth-order valence-electron chi connectivity index (χ4n) is 2.98. The summed E-state index contributed by atoms with van der Waals surface area (Å²) in [5, 5.41) is 10.9. The molecule has 0 atom stereocenters. The van der Waals surface area contributed by atoms with Crippen LogP contribution in [0, 0.1) is 5.82 Å². The molecule has 0 radical (unpaired) electrons. The Morgan fingerprint density at radius 2 is 1.72 bits per heavy atom. The Labute approximate surface area is 141 Å². The van der Waals surface area contributed by atoms with E-state index < -0.39 is 0 Å². The quantitative estimate of drug-likeness (QED) is 0.538. The molecule has 0 saturated carbocycles. The average molecular weight is 330 g/mol.